The van der Waals surface area contributed by atoms with E-state index >= 15 is 0 Å². The third kappa shape index (κ3) is 1.77. The van der Waals surface area contributed by atoms with Crippen LogP contribution in [0.5, 0.6) is 0 Å². The summed E-state index contributed by atoms with van der Waals surface area (Å²) < 4.78 is 13.2. The molecular formula is C7H5BrFNO. The lowest BCUT2D eigenvalue weighted by Gasteiger charge is -1.98. The van der Waals surface area contributed by atoms with Crippen molar-refractivity contribution < 1.29 is 9.50 Å². The highest BCUT2D eigenvalue weighted by Crippen LogP contribution is 2.14. The molecule has 0 amide bonds. The minimum Gasteiger partial charge on any atom is -0.506 e. The highest BCUT2D eigenvalue weighted by Gasteiger charge is 2.05. The first-order valence-corrected chi connectivity index (χ1v) is 3.61. The molecule has 1 aromatic heterocycles. The van der Waals surface area contributed by atoms with Gasteiger partial charge in [0.05, 0.1) is 0 Å². The molecule has 0 bridgehead atoms. The van der Waals surface area contributed by atoms with Gasteiger partial charge in [0.1, 0.15) is 16.1 Å². The second-order valence-electron chi connectivity index (χ2n) is 1.91. The molecule has 58 valence electrons. The van der Waals surface area contributed by atoms with Crippen molar-refractivity contribution in [3.8, 4) is 0 Å². The fourth-order valence-corrected chi connectivity index (χ4v) is 0.930. The van der Waals surface area contributed by atoms with Crippen LogP contribution < -0.4 is 0 Å². The molecule has 2 nitrogen and oxygen atoms in total. The molecule has 0 radical (unpaired) electrons. The van der Waals surface area contributed by atoms with Gasteiger partial charge in [-0.05, 0) is 28.1 Å². The summed E-state index contributed by atoms with van der Waals surface area (Å²) in [5, 5.41) is 8.81. The minimum absolute atomic E-state index is 0.126. The molecule has 0 atom stereocenters. The van der Waals surface area contributed by atoms with Gasteiger partial charge in [-0.15, -0.1) is 0 Å². The number of aliphatic hydroxyl groups excluding tert-OH is 1. The molecule has 0 fully saturated rings. The molecule has 4 heteroatoms. The van der Waals surface area contributed by atoms with E-state index in [2.05, 4.69) is 27.5 Å². The number of aliphatic hydroxyl groups is 1. The zero-order chi connectivity index (χ0) is 8.43. The second kappa shape index (κ2) is 3.00. The number of hydrogen-bond acceptors (Lipinski definition) is 2. The highest BCUT2D eigenvalue weighted by atomic mass is 79.9. The molecule has 1 N–H and O–H groups in total. The maximum absolute atomic E-state index is 12.7. The average Bonchev–Trinajstić information content (AvgIpc) is 1.94. The van der Waals surface area contributed by atoms with Crippen LogP contribution in [0.15, 0.2) is 23.3 Å². The number of nitrogens with zero attached hydrogens (tertiary/aromatic N) is 1. The Kier molecular flexibility index (Phi) is 2.24. The monoisotopic (exact) mass is 217 g/mol. The Bertz CT molecular complexity index is 300. The smallest absolute Gasteiger partial charge is 0.152 e. The van der Waals surface area contributed by atoms with Crippen LogP contribution in [0.4, 0.5) is 4.39 Å². The molecular weight excluding hydrogens is 213 g/mol. The number of hydrogen-bond donors (Lipinski definition) is 1. The SMILES string of the molecule is C=C(O)c1nc(Br)ccc1F. The normalized spacial score (nSPS) is 9.64. The topological polar surface area (TPSA) is 33.1 Å². The number of pyridine rings is 1. The zero-order valence-electron chi connectivity index (χ0n) is 5.51. The molecule has 0 aliphatic carbocycles. The van der Waals surface area contributed by atoms with Gasteiger partial charge < -0.3 is 5.11 Å². The zero-order valence-corrected chi connectivity index (χ0v) is 7.10. The van der Waals surface area contributed by atoms with E-state index in [1.54, 1.807) is 0 Å². The summed E-state index contributed by atoms with van der Waals surface area (Å²) in [6.45, 7) is 3.16. The standard InChI is InChI=1S/C7H5BrFNO/c1-4(11)7-5(9)2-3-6(8)10-7/h2-3,11H,1H2. The Balaban J connectivity index is 3.23. The van der Waals surface area contributed by atoms with Crippen LogP contribution in [0.1, 0.15) is 5.69 Å². The lowest BCUT2D eigenvalue weighted by molar-refractivity contribution is 0.498. The quantitative estimate of drug-likeness (QED) is 0.580. The Hall–Kier alpha value is -0.900. The summed E-state index contributed by atoms with van der Waals surface area (Å²) in [5.74, 6) is -0.954. The van der Waals surface area contributed by atoms with Crippen molar-refractivity contribution >= 4 is 21.7 Å². The molecule has 0 unspecified atom stereocenters. The molecule has 0 saturated heterocycles. The maximum Gasteiger partial charge on any atom is 0.152 e. The lowest BCUT2D eigenvalue weighted by Crippen LogP contribution is -1.92. The fraction of sp³-hybridized carbons (Fsp3) is 0. The number of halogens is 2. The first-order valence-electron chi connectivity index (χ1n) is 2.81. The molecule has 0 aliphatic rings. The maximum atomic E-state index is 12.7. The summed E-state index contributed by atoms with van der Waals surface area (Å²) in [6.07, 6.45) is 0. The molecule has 1 aromatic rings. The second-order valence-corrected chi connectivity index (χ2v) is 2.72. The van der Waals surface area contributed by atoms with Gasteiger partial charge in [-0.1, -0.05) is 6.58 Å². The van der Waals surface area contributed by atoms with Crippen LogP contribution in [0.3, 0.4) is 0 Å². The van der Waals surface area contributed by atoms with E-state index in [1.165, 1.54) is 12.1 Å². The van der Waals surface area contributed by atoms with E-state index in [1.807, 2.05) is 0 Å². The van der Waals surface area contributed by atoms with Crippen molar-refractivity contribution in [1.82, 2.24) is 4.98 Å². The Morgan fingerprint density at radius 2 is 2.27 bits per heavy atom. The molecule has 0 spiro atoms. The van der Waals surface area contributed by atoms with E-state index in [0.717, 1.165) is 0 Å². The highest BCUT2D eigenvalue weighted by molar-refractivity contribution is 9.10. The van der Waals surface area contributed by atoms with Crippen LogP contribution in [-0.2, 0) is 0 Å². The Morgan fingerprint density at radius 1 is 1.64 bits per heavy atom. The third-order valence-corrected chi connectivity index (χ3v) is 1.53. The van der Waals surface area contributed by atoms with E-state index in [-0.39, 0.29) is 11.5 Å². The number of aromatic nitrogens is 1. The fourth-order valence-electron chi connectivity index (χ4n) is 0.621. The lowest BCUT2D eigenvalue weighted by atomic mass is 10.3. The van der Waals surface area contributed by atoms with Gasteiger partial charge in [0.2, 0.25) is 0 Å². The summed E-state index contributed by atoms with van der Waals surface area (Å²) in [6, 6.07) is 2.65. The molecule has 0 saturated carbocycles. The van der Waals surface area contributed by atoms with E-state index in [0.29, 0.717) is 4.60 Å². The van der Waals surface area contributed by atoms with Crippen LogP contribution in [0.2, 0.25) is 0 Å². The van der Waals surface area contributed by atoms with Crippen LogP contribution in [-0.4, -0.2) is 10.1 Å². The van der Waals surface area contributed by atoms with E-state index in [4.69, 9.17) is 5.11 Å². The largest absolute Gasteiger partial charge is 0.506 e. The van der Waals surface area contributed by atoms with Crippen molar-refractivity contribution in [1.29, 1.82) is 0 Å². The molecule has 1 heterocycles. The van der Waals surface area contributed by atoms with Crippen LogP contribution in [0.25, 0.3) is 5.76 Å². The van der Waals surface area contributed by atoms with Gasteiger partial charge >= 0.3 is 0 Å². The number of rotatable bonds is 1. The molecule has 1 rings (SSSR count). The summed E-state index contributed by atoms with van der Waals surface area (Å²) in [4.78, 5) is 3.66. The van der Waals surface area contributed by atoms with Gasteiger partial charge in [0, 0.05) is 0 Å². The predicted octanol–water partition coefficient (Wildman–Crippen LogP) is 2.51. The molecule has 0 aliphatic heterocycles. The van der Waals surface area contributed by atoms with Crippen LogP contribution >= 0.6 is 15.9 Å². The Labute approximate surface area is 71.5 Å². The minimum atomic E-state index is -0.583. The third-order valence-electron chi connectivity index (χ3n) is 1.09. The van der Waals surface area contributed by atoms with E-state index < -0.39 is 5.82 Å². The summed E-state index contributed by atoms with van der Waals surface area (Å²) in [7, 11) is 0. The first kappa shape index (κ1) is 8.20. The van der Waals surface area contributed by atoms with Gasteiger partial charge in [-0.2, -0.15) is 0 Å². The summed E-state index contributed by atoms with van der Waals surface area (Å²) >= 11 is 3.03. The van der Waals surface area contributed by atoms with Gasteiger partial charge in [-0.3, -0.25) is 0 Å². The van der Waals surface area contributed by atoms with Crippen molar-refractivity contribution in [3.63, 3.8) is 0 Å². The van der Waals surface area contributed by atoms with E-state index in [9.17, 15) is 4.39 Å². The van der Waals surface area contributed by atoms with Gasteiger partial charge in [-0.25, -0.2) is 9.37 Å². The molecule has 11 heavy (non-hydrogen) atoms. The first-order chi connectivity index (χ1) is 5.11. The predicted molar refractivity (Wildman–Crippen MR) is 43.6 cm³/mol. The van der Waals surface area contributed by atoms with Crippen LogP contribution in [0, 0.1) is 5.82 Å². The van der Waals surface area contributed by atoms with Crippen molar-refractivity contribution in [2.45, 2.75) is 0 Å². The van der Waals surface area contributed by atoms with Crippen molar-refractivity contribution in [2.75, 3.05) is 0 Å². The molecule has 0 aromatic carbocycles. The Morgan fingerprint density at radius 3 is 2.73 bits per heavy atom. The van der Waals surface area contributed by atoms with Gasteiger partial charge in [0.25, 0.3) is 0 Å². The average molecular weight is 218 g/mol. The van der Waals surface area contributed by atoms with Gasteiger partial charge in [0.15, 0.2) is 5.82 Å². The summed E-state index contributed by atoms with van der Waals surface area (Å²) in [5.41, 5.74) is -0.126. The van der Waals surface area contributed by atoms with Crippen molar-refractivity contribution in [2.24, 2.45) is 0 Å². The van der Waals surface area contributed by atoms with Crippen molar-refractivity contribution in [3.05, 3.63) is 34.8 Å².